The third kappa shape index (κ3) is 4.86. The van der Waals surface area contributed by atoms with Crippen LogP contribution >= 0.6 is 0 Å². The molecule has 0 aromatic heterocycles. The van der Waals surface area contributed by atoms with Gasteiger partial charge in [0.05, 0.1) is 21.7 Å². The van der Waals surface area contributed by atoms with Gasteiger partial charge in [-0.1, -0.05) is 30.3 Å². The molecule has 2 heterocycles. The minimum absolute atomic E-state index is 0.0277. The first kappa shape index (κ1) is 22.4. The maximum absolute atomic E-state index is 13.5. The van der Waals surface area contributed by atoms with E-state index in [1.165, 1.54) is 17.7 Å². The van der Waals surface area contributed by atoms with Crippen LogP contribution in [0.3, 0.4) is 0 Å². The smallest absolute Gasteiger partial charge is 0.184 e. The van der Waals surface area contributed by atoms with E-state index in [2.05, 4.69) is 12.1 Å². The van der Waals surface area contributed by atoms with Gasteiger partial charge in [-0.3, -0.25) is 4.90 Å². The van der Waals surface area contributed by atoms with Crippen molar-refractivity contribution in [3.63, 3.8) is 0 Å². The lowest BCUT2D eigenvalue weighted by Gasteiger charge is -2.37. The predicted molar refractivity (Wildman–Crippen MR) is 119 cm³/mol. The normalized spacial score (nSPS) is 25.0. The number of sulfone groups is 2. The molecule has 0 aliphatic carbocycles. The van der Waals surface area contributed by atoms with Crippen molar-refractivity contribution in [2.24, 2.45) is 5.92 Å². The first-order chi connectivity index (χ1) is 14.7. The van der Waals surface area contributed by atoms with Gasteiger partial charge in [-0.15, -0.1) is 0 Å². The molecule has 0 bridgehead atoms. The van der Waals surface area contributed by atoms with Crippen LogP contribution in [0.5, 0.6) is 0 Å². The van der Waals surface area contributed by atoms with E-state index in [4.69, 9.17) is 0 Å². The summed E-state index contributed by atoms with van der Waals surface area (Å²) < 4.78 is 65.2. The Kier molecular flexibility index (Phi) is 6.25. The summed E-state index contributed by atoms with van der Waals surface area (Å²) in [4.78, 5) is 2.08. The zero-order valence-corrected chi connectivity index (χ0v) is 19.2. The number of piperidine rings is 1. The van der Waals surface area contributed by atoms with E-state index < -0.39 is 36.8 Å². The van der Waals surface area contributed by atoms with Crippen molar-refractivity contribution >= 4 is 19.7 Å². The lowest BCUT2D eigenvalue weighted by atomic mass is 9.89. The topological polar surface area (TPSA) is 71.5 Å². The Bertz CT molecular complexity index is 1140. The molecule has 168 valence electrons. The minimum Gasteiger partial charge on any atom is -0.298 e. The standard InChI is InChI=1S/C23H28FNO4S2/c1-17-13-20(24)7-8-22(17)31(28,29)23-16-30(26,27)15-21(23)25-11-9-19(10-12-25)14-18-5-3-2-4-6-18/h2-8,13,19,21,23H,9-12,14-16H2,1H3/t21-,23-/m0/s1. The lowest BCUT2D eigenvalue weighted by Crippen LogP contribution is -2.49. The summed E-state index contributed by atoms with van der Waals surface area (Å²) >= 11 is 0. The number of likely N-dealkylation sites (tertiary alicyclic amines) is 1. The Morgan fingerprint density at radius 2 is 1.71 bits per heavy atom. The van der Waals surface area contributed by atoms with E-state index in [0.717, 1.165) is 25.3 Å². The van der Waals surface area contributed by atoms with Crippen molar-refractivity contribution in [2.45, 2.75) is 42.4 Å². The van der Waals surface area contributed by atoms with Crippen LogP contribution in [0.25, 0.3) is 0 Å². The Hall–Kier alpha value is -1.77. The Morgan fingerprint density at radius 1 is 1.03 bits per heavy atom. The second kappa shape index (κ2) is 8.64. The number of aryl methyl sites for hydroxylation is 1. The van der Waals surface area contributed by atoms with Crippen LogP contribution in [-0.2, 0) is 26.1 Å². The molecule has 2 aromatic rings. The van der Waals surface area contributed by atoms with Crippen molar-refractivity contribution in [2.75, 3.05) is 24.6 Å². The van der Waals surface area contributed by atoms with Crippen molar-refractivity contribution in [1.29, 1.82) is 0 Å². The van der Waals surface area contributed by atoms with E-state index in [9.17, 15) is 21.2 Å². The Morgan fingerprint density at radius 3 is 2.35 bits per heavy atom. The van der Waals surface area contributed by atoms with E-state index in [0.29, 0.717) is 24.6 Å². The molecule has 0 unspecified atom stereocenters. The van der Waals surface area contributed by atoms with Crippen molar-refractivity contribution in [1.82, 2.24) is 4.90 Å². The molecule has 2 aliphatic rings. The molecule has 0 saturated carbocycles. The van der Waals surface area contributed by atoms with Gasteiger partial charge < -0.3 is 0 Å². The van der Waals surface area contributed by atoms with E-state index in [1.807, 2.05) is 23.1 Å². The number of hydrogen-bond donors (Lipinski definition) is 0. The molecule has 8 heteroatoms. The fraction of sp³-hybridized carbons (Fsp3) is 0.478. The van der Waals surface area contributed by atoms with Crippen LogP contribution in [0, 0.1) is 18.7 Å². The molecule has 5 nitrogen and oxygen atoms in total. The van der Waals surface area contributed by atoms with Crippen LogP contribution in [-0.4, -0.2) is 57.6 Å². The summed E-state index contributed by atoms with van der Waals surface area (Å²) in [7, 11) is -7.37. The summed E-state index contributed by atoms with van der Waals surface area (Å²) in [6.45, 7) is 2.92. The van der Waals surface area contributed by atoms with Gasteiger partial charge in [-0.2, -0.15) is 0 Å². The lowest BCUT2D eigenvalue weighted by molar-refractivity contribution is 0.144. The zero-order chi connectivity index (χ0) is 22.2. The predicted octanol–water partition coefficient (Wildman–Crippen LogP) is 3.03. The molecule has 2 saturated heterocycles. The quantitative estimate of drug-likeness (QED) is 0.635. The molecule has 2 aromatic carbocycles. The second-order valence-corrected chi connectivity index (χ2v) is 13.1. The van der Waals surface area contributed by atoms with E-state index in [1.54, 1.807) is 6.92 Å². The van der Waals surface area contributed by atoms with Gasteiger partial charge in [0.1, 0.15) is 5.82 Å². The van der Waals surface area contributed by atoms with Gasteiger partial charge in [-0.05, 0) is 74.5 Å². The molecule has 0 amide bonds. The van der Waals surface area contributed by atoms with Gasteiger partial charge in [0.25, 0.3) is 0 Å². The number of nitrogens with zero attached hydrogens (tertiary/aromatic N) is 1. The molecule has 0 spiro atoms. The van der Waals surface area contributed by atoms with E-state index >= 15 is 0 Å². The van der Waals surface area contributed by atoms with Crippen molar-refractivity contribution in [3.8, 4) is 0 Å². The van der Waals surface area contributed by atoms with Crippen molar-refractivity contribution < 1.29 is 21.2 Å². The van der Waals surface area contributed by atoms with Crippen LogP contribution in [0.4, 0.5) is 4.39 Å². The van der Waals surface area contributed by atoms with Crippen LogP contribution in [0.1, 0.15) is 24.0 Å². The molecule has 0 radical (unpaired) electrons. The number of benzene rings is 2. The molecule has 4 rings (SSSR count). The summed E-state index contributed by atoms with van der Waals surface area (Å²) in [5.41, 5.74) is 1.60. The molecule has 2 aliphatic heterocycles. The number of rotatable bonds is 5. The van der Waals surface area contributed by atoms with Crippen LogP contribution < -0.4 is 0 Å². The van der Waals surface area contributed by atoms with Crippen LogP contribution in [0.15, 0.2) is 53.4 Å². The highest BCUT2D eigenvalue weighted by molar-refractivity contribution is 7.96. The highest BCUT2D eigenvalue weighted by Crippen LogP contribution is 2.33. The molecule has 31 heavy (non-hydrogen) atoms. The summed E-state index contributed by atoms with van der Waals surface area (Å²) in [6, 6.07) is 13.3. The third-order valence-electron chi connectivity index (χ3n) is 6.60. The molecular weight excluding hydrogens is 437 g/mol. The maximum Gasteiger partial charge on any atom is 0.184 e. The maximum atomic E-state index is 13.5. The average Bonchev–Trinajstić information content (AvgIpc) is 3.05. The van der Waals surface area contributed by atoms with Gasteiger partial charge >= 0.3 is 0 Å². The average molecular weight is 466 g/mol. The number of hydrogen-bond acceptors (Lipinski definition) is 5. The Labute approximate surface area is 184 Å². The largest absolute Gasteiger partial charge is 0.298 e. The first-order valence-electron chi connectivity index (χ1n) is 10.6. The molecular formula is C23H28FNO4S2. The zero-order valence-electron chi connectivity index (χ0n) is 17.6. The van der Waals surface area contributed by atoms with Crippen LogP contribution in [0.2, 0.25) is 0 Å². The second-order valence-electron chi connectivity index (χ2n) is 8.81. The van der Waals surface area contributed by atoms with Gasteiger partial charge in [0.2, 0.25) is 0 Å². The first-order valence-corrected chi connectivity index (χ1v) is 14.0. The highest BCUT2D eigenvalue weighted by Gasteiger charge is 2.49. The van der Waals surface area contributed by atoms with E-state index in [-0.39, 0.29) is 16.4 Å². The third-order valence-corrected chi connectivity index (χ3v) is 10.9. The summed E-state index contributed by atoms with van der Waals surface area (Å²) in [5.74, 6) is -0.514. The number of halogens is 1. The van der Waals surface area contributed by atoms with Gasteiger partial charge in [0.15, 0.2) is 19.7 Å². The van der Waals surface area contributed by atoms with Gasteiger partial charge in [-0.25, -0.2) is 21.2 Å². The van der Waals surface area contributed by atoms with Crippen molar-refractivity contribution in [3.05, 3.63) is 65.5 Å². The van der Waals surface area contributed by atoms with Gasteiger partial charge in [0, 0.05) is 6.04 Å². The molecule has 0 N–H and O–H groups in total. The Balaban J connectivity index is 1.52. The molecule has 2 fully saturated rings. The fourth-order valence-corrected chi connectivity index (χ4v) is 10.0. The fourth-order valence-electron chi connectivity index (χ4n) is 4.97. The summed E-state index contributed by atoms with van der Waals surface area (Å²) in [6.07, 6.45) is 2.80. The highest BCUT2D eigenvalue weighted by atomic mass is 32.2. The monoisotopic (exact) mass is 465 g/mol. The minimum atomic E-state index is -3.91. The molecule has 2 atom stereocenters. The SMILES string of the molecule is Cc1cc(F)ccc1S(=O)(=O)[C@H]1CS(=O)(=O)C[C@@H]1N1CCC(Cc2ccccc2)CC1. The summed E-state index contributed by atoms with van der Waals surface area (Å²) in [5, 5.41) is -1.02.